The quantitative estimate of drug-likeness (QED) is 0.810. The lowest BCUT2D eigenvalue weighted by Crippen LogP contribution is -2.12. The molecule has 0 aliphatic heterocycles. The second-order valence-electron chi connectivity index (χ2n) is 3.30. The van der Waals surface area contributed by atoms with Crippen molar-refractivity contribution in [3.63, 3.8) is 0 Å². The highest BCUT2D eigenvalue weighted by Crippen LogP contribution is 2.21. The van der Waals surface area contributed by atoms with E-state index in [1.54, 1.807) is 0 Å². The molecule has 88 valence electrons. The molecule has 0 spiro atoms. The zero-order chi connectivity index (χ0) is 12.4. The number of anilines is 2. The Labute approximate surface area is 101 Å². The normalized spacial score (nSPS) is 10.2. The molecule has 1 aromatic heterocycles. The second kappa shape index (κ2) is 4.47. The maximum Gasteiger partial charge on any atom is 0.260 e. The number of amides is 1. The maximum atomic E-state index is 13.4. The first-order valence-electron chi connectivity index (χ1n) is 4.67. The average Bonchev–Trinajstić information content (AvgIpc) is 2.68. The molecule has 2 rings (SSSR count). The van der Waals surface area contributed by atoms with E-state index in [-0.39, 0.29) is 22.2 Å². The molecule has 4 nitrogen and oxygen atoms in total. The third kappa shape index (κ3) is 2.39. The number of nitrogens with two attached hydrogens (primary N) is 1. The summed E-state index contributed by atoms with van der Waals surface area (Å²) in [4.78, 5) is 11.7. The van der Waals surface area contributed by atoms with Gasteiger partial charge in [-0.3, -0.25) is 4.79 Å². The van der Waals surface area contributed by atoms with E-state index < -0.39 is 11.7 Å². The van der Waals surface area contributed by atoms with Crippen LogP contribution in [0.15, 0.2) is 34.9 Å². The first kappa shape index (κ1) is 11.5. The SMILES string of the molecule is Nc1ccc(NC(=O)c2ccoc2Cl)c(F)c1. The number of furan rings is 1. The third-order valence-corrected chi connectivity index (χ3v) is 2.40. The number of hydrogen-bond donors (Lipinski definition) is 2. The summed E-state index contributed by atoms with van der Waals surface area (Å²) in [6, 6.07) is 5.37. The van der Waals surface area contributed by atoms with Crippen molar-refractivity contribution >= 4 is 28.9 Å². The lowest BCUT2D eigenvalue weighted by Gasteiger charge is -2.05. The summed E-state index contributed by atoms with van der Waals surface area (Å²) in [6.07, 6.45) is 1.27. The van der Waals surface area contributed by atoms with Crippen LogP contribution in [-0.4, -0.2) is 5.91 Å². The van der Waals surface area contributed by atoms with Gasteiger partial charge in [0.1, 0.15) is 5.82 Å². The number of carbonyl (C=O) groups excluding carboxylic acids is 1. The van der Waals surface area contributed by atoms with E-state index in [0.717, 1.165) is 6.07 Å². The molecule has 6 heteroatoms. The largest absolute Gasteiger partial charge is 0.452 e. The van der Waals surface area contributed by atoms with Crippen molar-refractivity contribution in [3.8, 4) is 0 Å². The van der Waals surface area contributed by atoms with E-state index in [4.69, 9.17) is 21.8 Å². The summed E-state index contributed by atoms with van der Waals surface area (Å²) in [7, 11) is 0. The zero-order valence-electron chi connectivity index (χ0n) is 8.54. The van der Waals surface area contributed by atoms with Crippen LogP contribution in [0.5, 0.6) is 0 Å². The molecule has 0 radical (unpaired) electrons. The number of nitrogen functional groups attached to an aromatic ring is 1. The number of nitrogens with one attached hydrogen (secondary N) is 1. The molecule has 0 aliphatic carbocycles. The first-order valence-corrected chi connectivity index (χ1v) is 5.05. The van der Waals surface area contributed by atoms with E-state index in [1.807, 2.05) is 0 Å². The van der Waals surface area contributed by atoms with Gasteiger partial charge in [0.25, 0.3) is 5.91 Å². The molecule has 0 aliphatic rings. The van der Waals surface area contributed by atoms with Gasteiger partial charge in [0, 0.05) is 5.69 Å². The minimum absolute atomic E-state index is 0.0291. The summed E-state index contributed by atoms with van der Waals surface area (Å²) < 4.78 is 18.2. The van der Waals surface area contributed by atoms with Gasteiger partial charge < -0.3 is 15.5 Å². The summed E-state index contributed by atoms with van der Waals surface area (Å²) in [5.74, 6) is -1.16. The molecule has 0 atom stereocenters. The molecular weight excluding hydrogens is 247 g/mol. The Bertz CT molecular complexity index is 568. The fraction of sp³-hybridized carbons (Fsp3) is 0. The number of halogens is 2. The third-order valence-electron chi connectivity index (χ3n) is 2.10. The monoisotopic (exact) mass is 254 g/mol. The highest BCUT2D eigenvalue weighted by atomic mass is 35.5. The molecule has 2 aromatic rings. The van der Waals surface area contributed by atoms with Crippen LogP contribution in [0.1, 0.15) is 10.4 Å². The van der Waals surface area contributed by atoms with Gasteiger partial charge in [0.2, 0.25) is 5.22 Å². The summed E-state index contributed by atoms with van der Waals surface area (Å²) in [5.41, 5.74) is 5.84. The maximum absolute atomic E-state index is 13.4. The van der Waals surface area contributed by atoms with Crippen LogP contribution in [-0.2, 0) is 0 Å². The Morgan fingerprint density at radius 1 is 1.41 bits per heavy atom. The van der Waals surface area contributed by atoms with Crippen molar-refractivity contribution in [2.45, 2.75) is 0 Å². The standard InChI is InChI=1S/C11H8ClFN2O2/c12-10-7(3-4-17-10)11(16)15-9-2-1-6(14)5-8(9)13/h1-5H,14H2,(H,15,16). The molecule has 1 amide bonds. The van der Waals surface area contributed by atoms with Crippen LogP contribution in [0.4, 0.5) is 15.8 Å². The van der Waals surface area contributed by atoms with Gasteiger partial charge in [-0.05, 0) is 35.9 Å². The predicted molar refractivity (Wildman–Crippen MR) is 62.5 cm³/mol. The van der Waals surface area contributed by atoms with Crippen molar-refractivity contribution < 1.29 is 13.6 Å². The lowest BCUT2D eigenvalue weighted by molar-refractivity contribution is 0.102. The Hall–Kier alpha value is -2.01. The molecule has 0 fully saturated rings. The number of benzene rings is 1. The van der Waals surface area contributed by atoms with Crippen LogP contribution in [0.2, 0.25) is 5.22 Å². The smallest absolute Gasteiger partial charge is 0.260 e. The summed E-state index contributed by atoms with van der Waals surface area (Å²) in [5, 5.41) is 2.32. The van der Waals surface area contributed by atoms with Crippen LogP contribution in [0.3, 0.4) is 0 Å². The molecule has 0 unspecified atom stereocenters. The van der Waals surface area contributed by atoms with Crippen LogP contribution < -0.4 is 11.1 Å². The van der Waals surface area contributed by atoms with Crippen molar-refractivity contribution in [2.24, 2.45) is 0 Å². The topological polar surface area (TPSA) is 68.3 Å². The highest BCUT2D eigenvalue weighted by molar-refractivity contribution is 6.32. The Morgan fingerprint density at radius 2 is 2.18 bits per heavy atom. The Kier molecular flexibility index (Phi) is 3.01. The van der Waals surface area contributed by atoms with E-state index in [9.17, 15) is 9.18 Å². The van der Waals surface area contributed by atoms with Crippen LogP contribution in [0.25, 0.3) is 0 Å². The van der Waals surface area contributed by atoms with Gasteiger partial charge in [-0.1, -0.05) is 0 Å². The van der Waals surface area contributed by atoms with Gasteiger partial charge in [-0.15, -0.1) is 0 Å². The van der Waals surface area contributed by atoms with Gasteiger partial charge in [0.15, 0.2) is 0 Å². The predicted octanol–water partition coefficient (Wildman–Crippen LogP) is 2.91. The van der Waals surface area contributed by atoms with E-state index in [2.05, 4.69) is 5.32 Å². The van der Waals surface area contributed by atoms with E-state index >= 15 is 0 Å². The minimum Gasteiger partial charge on any atom is -0.452 e. The fourth-order valence-corrected chi connectivity index (χ4v) is 1.48. The Balaban J connectivity index is 2.22. The first-order chi connectivity index (χ1) is 8.08. The molecule has 0 saturated carbocycles. The molecule has 1 heterocycles. The van der Waals surface area contributed by atoms with Gasteiger partial charge in [-0.2, -0.15) is 0 Å². The van der Waals surface area contributed by atoms with Gasteiger partial charge in [0.05, 0.1) is 17.5 Å². The highest BCUT2D eigenvalue weighted by Gasteiger charge is 2.14. The Morgan fingerprint density at radius 3 is 2.76 bits per heavy atom. The van der Waals surface area contributed by atoms with Gasteiger partial charge >= 0.3 is 0 Å². The second-order valence-corrected chi connectivity index (χ2v) is 3.64. The number of rotatable bonds is 2. The lowest BCUT2D eigenvalue weighted by atomic mass is 10.2. The molecule has 0 bridgehead atoms. The van der Waals surface area contributed by atoms with Crippen molar-refractivity contribution in [1.29, 1.82) is 0 Å². The van der Waals surface area contributed by atoms with Crippen molar-refractivity contribution in [3.05, 3.63) is 47.1 Å². The van der Waals surface area contributed by atoms with Crippen molar-refractivity contribution in [1.82, 2.24) is 0 Å². The summed E-state index contributed by atoms with van der Waals surface area (Å²) >= 11 is 5.62. The number of hydrogen-bond acceptors (Lipinski definition) is 3. The fourth-order valence-electron chi connectivity index (χ4n) is 1.28. The molecule has 0 saturated heterocycles. The molecule has 1 aromatic carbocycles. The van der Waals surface area contributed by atoms with E-state index in [1.165, 1.54) is 24.5 Å². The summed E-state index contributed by atoms with van der Waals surface area (Å²) in [6.45, 7) is 0. The van der Waals surface area contributed by atoms with E-state index in [0.29, 0.717) is 0 Å². The average molecular weight is 255 g/mol. The van der Waals surface area contributed by atoms with Crippen molar-refractivity contribution in [2.75, 3.05) is 11.1 Å². The number of carbonyl (C=O) groups is 1. The zero-order valence-corrected chi connectivity index (χ0v) is 9.29. The van der Waals surface area contributed by atoms with Crippen LogP contribution >= 0.6 is 11.6 Å². The van der Waals surface area contributed by atoms with Crippen LogP contribution in [0, 0.1) is 5.82 Å². The minimum atomic E-state index is -0.613. The van der Waals surface area contributed by atoms with Gasteiger partial charge in [-0.25, -0.2) is 4.39 Å². The molecule has 3 N–H and O–H groups in total. The molecular formula is C11H8ClFN2O2. The molecule has 17 heavy (non-hydrogen) atoms.